The fourth-order valence-corrected chi connectivity index (χ4v) is 4.77. The van der Waals surface area contributed by atoms with Crippen molar-refractivity contribution in [3.05, 3.63) is 54.2 Å². The third-order valence-corrected chi connectivity index (χ3v) is 6.54. The second-order valence-corrected chi connectivity index (χ2v) is 9.63. The van der Waals surface area contributed by atoms with Gasteiger partial charge in [-0.3, -0.25) is 9.30 Å². The van der Waals surface area contributed by atoms with Crippen LogP contribution in [0.25, 0.3) is 28.1 Å². The molecule has 1 aromatic carbocycles. The molecule has 1 aliphatic heterocycles. The Bertz CT molecular complexity index is 1400. The zero-order chi connectivity index (χ0) is 26.2. The zero-order valence-corrected chi connectivity index (χ0v) is 20.7. The Labute approximate surface area is 212 Å². The van der Waals surface area contributed by atoms with Crippen LogP contribution in [0.2, 0.25) is 0 Å². The first-order chi connectivity index (χ1) is 17.6. The van der Waals surface area contributed by atoms with E-state index in [1.807, 2.05) is 31.2 Å². The fraction of sp³-hybridized carbons (Fsp3) is 0.423. The smallest absolute Gasteiger partial charge is 0.408 e. The van der Waals surface area contributed by atoms with Gasteiger partial charge in [0.15, 0.2) is 11.5 Å². The minimum Gasteiger partial charge on any atom is -0.491 e. The van der Waals surface area contributed by atoms with Gasteiger partial charge < -0.3 is 15.2 Å². The number of hydrogen-bond acceptors (Lipinski definition) is 7. The first kappa shape index (κ1) is 25.4. The summed E-state index contributed by atoms with van der Waals surface area (Å²) in [6.45, 7) is 5.64. The van der Waals surface area contributed by atoms with Crippen LogP contribution < -0.4 is 10.5 Å². The summed E-state index contributed by atoms with van der Waals surface area (Å²) in [5.41, 5.74) is 7.18. The van der Waals surface area contributed by atoms with E-state index in [9.17, 15) is 13.2 Å². The molecule has 1 fully saturated rings. The van der Waals surface area contributed by atoms with E-state index in [-0.39, 0.29) is 18.7 Å². The molecule has 4 heterocycles. The van der Waals surface area contributed by atoms with Gasteiger partial charge >= 0.3 is 6.18 Å². The molecule has 0 radical (unpaired) electrons. The Balaban J connectivity index is 1.49. The van der Waals surface area contributed by atoms with Gasteiger partial charge in [-0.05, 0) is 50.1 Å². The highest BCUT2D eigenvalue weighted by atomic mass is 19.4. The summed E-state index contributed by atoms with van der Waals surface area (Å²) in [7, 11) is 0. The summed E-state index contributed by atoms with van der Waals surface area (Å²) < 4.78 is 55.3. The summed E-state index contributed by atoms with van der Waals surface area (Å²) in [6.07, 6.45) is -2.52. The molecule has 4 aromatic rings. The molecule has 1 unspecified atom stereocenters. The monoisotopic (exact) mass is 514 g/mol. The number of halogens is 3. The number of alkyl halides is 3. The summed E-state index contributed by atoms with van der Waals surface area (Å²) in [4.78, 5) is 6.10. The number of aromatic nitrogens is 4. The molecular weight excluding hydrogens is 485 g/mol. The van der Waals surface area contributed by atoms with Crippen molar-refractivity contribution in [2.45, 2.75) is 38.0 Å². The molecule has 0 bridgehead atoms. The molecule has 2 atom stereocenters. The third kappa shape index (κ3) is 5.39. The van der Waals surface area contributed by atoms with E-state index in [0.717, 1.165) is 5.39 Å². The Hall–Kier alpha value is -3.28. The maximum atomic E-state index is 14.2. The van der Waals surface area contributed by atoms with Gasteiger partial charge in [0.2, 0.25) is 0 Å². The molecule has 0 saturated carbocycles. The van der Waals surface area contributed by atoms with Crippen LogP contribution in [0.3, 0.4) is 0 Å². The van der Waals surface area contributed by atoms with Crippen LogP contribution in [0, 0.1) is 0 Å². The number of fused-ring (bicyclic) bond motifs is 2. The third-order valence-electron chi connectivity index (χ3n) is 6.54. The van der Waals surface area contributed by atoms with E-state index in [1.165, 1.54) is 17.2 Å². The number of rotatable bonds is 8. The highest BCUT2D eigenvalue weighted by Gasteiger charge is 2.48. The fourth-order valence-electron chi connectivity index (χ4n) is 4.77. The van der Waals surface area contributed by atoms with Crippen molar-refractivity contribution in [1.29, 1.82) is 0 Å². The number of hydrogen-bond donors (Lipinski definition) is 1. The maximum Gasteiger partial charge on any atom is 0.408 e. The highest BCUT2D eigenvalue weighted by Crippen LogP contribution is 2.41. The molecule has 196 valence electrons. The number of likely N-dealkylation sites (tertiary alicyclic amines) is 1. The van der Waals surface area contributed by atoms with Gasteiger partial charge in [0.1, 0.15) is 24.1 Å². The van der Waals surface area contributed by atoms with E-state index < -0.39 is 17.8 Å². The van der Waals surface area contributed by atoms with Crippen molar-refractivity contribution in [3.63, 3.8) is 0 Å². The first-order valence-electron chi connectivity index (χ1n) is 12.2. The largest absolute Gasteiger partial charge is 0.491 e. The highest BCUT2D eigenvalue weighted by molar-refractivity contribution is 5.82. The van der Waals surface area contributed by atoms with Crippen LogP contribution in [0.1, 0.15) is 31.9 Å². The lowest BCUT2D eigenvalue weighted by molar-refractivity contribution is -0.184. The summed E-state index contributed by atoms with van der Waals surface area (Å²) >= 11 is 0. The Kier molecular flexibility index (Phi) is 6.78. The van der Waals surface area contributed by atoms with Gasteiger partial charge in [0.25, 0.3) is 0 Å². The maximum absolute atomic E-state index is 14.2. The van der Waals surface area contributed by atoms with Crippen LogP contribution in [0.4, 0.5) is 13.2 Å². The Morgan fingerprint density at radius 1 is 1.11 bits per heavy atom. The second-order valence-electron chi connectivity index (χ2n) is 9.63. The van der Waals surface area contributed by atoms with E-state index in [4.69, 9.17) is 20.2 Å². The first-order valence-corrected chi connectivity index (χ1v) is 12.2. The summed E-state index contributed by atoms with van der Waals surface area (Å²) in [5.74, 6) is 1.00. The van der Waals surface area contributed by atoms with Crippen molar-refractivity contribution in [3.8, 4) is 17.3 Å². The van der Waals surface area contributed by atoms with Crippen molar-refractivity contribution in [2.24, 2.45) is 5.73 Å². The normalized spacial score (nSPS) is 19.6. The van der Waals surface area contributed by atoms with Crippen LogP contribution in [0.5, 0.6) is 5.75 Å². The van der Waals surface area contributed by atoms with Crippen molar-refractivity contribution in [1.82, 2.24) is 24.5 Å². The quantitative estimate of drug-likeness (QED) is 0.349. The molecule has 11 heteroatoms. The van der Waals surface area contributed by atoms with E-state index in [2.05, 4.69) is 10.2 Å². The lowest BCUT2D eigenvalue weighted by Gasteiger charge is -2.31. The minimum absolute atomic E-state index is 0.101. The van der Waals surface area contributed by atoms with Crippen molar-refractivity contribution in [2.75, 3.05) is 32.9 Å². The van der Waals surface area contributed by atoms with Crippen LogP contribution >= 0.6 is 0 Å². The summed E-state index contributed by atoms with van der Waals surface area (Å²) in [5, 5.41) is 9.28. The predicted octanol–water partition coefficient (Wildman–Crippen LogP) is 4.39. The molecule has 37 heavy (non-hydrogen) atoms. The molecule has 0 amide bonds. The van der Waals surface area contributed by atoms with E-state index in [1.54, 1.807) is 23.5 Å². The van der Waals surface area contributed by atoms with E-state index in [0.29, 0.717) is 54.7 Å². The zero-order valence-electron chi connectivity index (χ0n) is 20.7. The minimum atomic E-state index is -4.47. The molecule has 1 aliphatic rings. The molecule has 8 nitrogen and oxygen atoms in total. The molecule has 3 aromatic heterocycles. The van der Waals surface area contributed by atoms with Gasteiger partial charge in [-0.2, -0.15) is 13.2 Å². The Morgan fingerprint density at radius 3 is 2.65 bits per heavy atom. The average Bonchev–Trinajstić information content (AvgIpc) is 3.43. The number of nitrogens with two attached hydrogens (primary N) is 1. The van der Waals surface area contributed by atoms with E-state index >= 15 is 0 Å². The standard InChI is InChI=1S/C26H29F3N6O2/c1-3-36-12-13-37-19-7-4-17-5-8-20(31-21(17)14-19)24-33-32-22-9-6-18(15-35(22)24)23(26(27,28)29)34-11-10-25(2,30)16-34/h4-9,14-15,23H,3,10-13,16,30H2,1-2H3/t23-,25?/m0/s1. The van der Waals surface area contributed by atoms with Crippen LogP contribution in [-0.4, -0.2) is 69.1 Å². The molecule has 2 N–H and O–H groups in total. The number of benzene rings is 1. The topological polar surface area (TPSA) is 90.8 Å². The van der Waals surface area contributed by atoms with Crippen LogP contribution in [0.15, 0.2) is 48.7 Å². The number of nitrogens with zero attached hydrogens (tertiary/aromatic N) is 5. The Morgan fingerprint density at radius 2 is 1.92 bits per heavy atom. The van der Waals surface area contributed by atoms with Crippen molar-refractivity contribution < 1.29 is 22.6 Å². The predicted molar refractivity (Wildman–Crippen MR) is 133 cm³/mol. The van der Waals surface area contributed by atoms with Gasteiger partial charge in [-0.1, -0.05) is 12.1 Å². The van der Waals surface area contributed by atoms with Gasteiger partial charge in [-0.25, -0.2) is 4.98 Å². The van der Waals surface area contributed by atoms with Gasteiger partial charge in [-0.15, -0.1) is 10.2 Å². The van der Waals surface area contributed by atoms with Gasteiger partial charge in [0.05, 0.1) is 12.1 Å². The molecule has 0 aliphatic carbocycles. The van der Waals surface area contributed by atoms with Crippen LogP contribution in [-0.2, 0) is 4.74 Å². The SMILES string of the molecule is CCOCCOc1ccc2ccc(-c3nnc4ccc([C@H](N5CCC(C)(N)C5)C(F)(F)F)cn34)nc2c1. The molecule has 1 saturated heterocycles. The molecular formula is C26H29F3N6O2. The molecule has 0 spiro atoms. The number of ether oxygens (including phenoxy) is 2. The lowest BCUT2D eigenvalue weighted by Crippen LogP contribution is -2.43. The lowest BCUT2D eigenvalue weighted by atomic mass is 10.0. The summed E-state index contributed by atoms with van der Waals surface area (Å²) in [6, 6.07) is 10.5. The molecule has 5 rings (SSSR count). The van der Waals surface area contributed by atoms with Crippen molar-refractivity contribution >= 4 is 16.6 Å². The second kappa shape index (κ2) is 9.88. The number of pyridine rings is 2. The van der Waals surface area contributed by atoms with Gasteiger partial charge in [0, 0.05) is 42.9 Å². The average molecular weight is 515 g/mol.